The lowest BCUT2D eigenvalue weighted by Crippen LogP contribution is -3.00. The van der Waals surface area contributed by atoms with Gasteiger partial charge in [0.05, 0.1) is 24.3 Å². The fourth-order valence-electron chi connectivity index (χ4n) is 5.77. The number of likely N-dealkylation sites (N-methyl/N-ethyl adjacent to an activating group) is 1. The van der Waals surface area contributed by atoms with Gasteiger partial charge < -0.3 is 46.7 Å². The Morgan fingerprint density at radius 3 is 1.92 bits per heavy atom. The number of aromatic nitrogens is 4. The van der Waals surface area contributed by atoms with E-state index in [1.54, 1.807) is 30.8 Å². The summed E-state index contributed by atoms with van der Waals surface area (Å²) in [6.07, 6.45) is 1.52. The first-order valence-electron chi connectivity index (χ1n) is 18.9. The molecule has 0 saturated carbocycles. The van der Waals surface area contributed by atoms with Gasteiger partial charge in [0.1, 0.15) is 17.1 Å². The lowest BCUT2D eigenvalue weighted by atomic mass is 10.2. The number of imidazole rings is 1. The molecule has 17 heteroatoms. The number of aromatic carboxylic acids is 1. The number of halogens is 1. The molecule has 1 atom stereocenters. The van der Waals surface area contributed by atoms with Crippen molar-refractivity contribution in [3.05, 3.63) is 130 Å². The van der Waals surface area contributed by atoms with Crippen molar-refractivity contribution >= 4 is 57.8 Å². The summed E-state index contributed by atoms with van der Waals surface area (Å²) in [5.74, 6) is -0.825. The van der Waals surface area contributed by atoms with Gasteiger partial charge >= 0.3 is 17.6 Å². The van der Waals surface area contributed by atoms with E-state index in [1.807, 2.05) is 43.0 Å². The third kappa shape index (κ3) is 13.1. The molecule has 15 nitrogen and oxygen atoms in total. The van der Waals surface area contributed by atoms with E-state index in [1.165, 1.54) is 65.1 Å². The van der Waals surface area contributed by atoms with Crippen LogP contribution < -0.4 is 43.3 Å². The van der Waals surface area contributed by atoms with Gasteiger partial charge in [-0.05, 0) is 88.6 Å². The summed E-state index contributed by atoms with van der Waals surface area (Å²) in [5.41, 5.74) is 3.60. The summed E-state index contributed by atoms with van der Waals surface area (Å²) >= 11 is 1.87. The molecule has 1 unspecified atom stereocenters. The largest absolute Gasteiger partial charge is 1.00 e. The zero-order valence-corrected chi connectivity index (χ0v) is 37.2. The molecule has 61 heavy (non-hydrogen) atoms. The number of nitrogens with one attached hydrogen (secondary N) is 1. The predicted molar refractivity (Wildman–Crippen MR) is 235 cm³/mol. The zero-order valence-electron chi connectivity index (χ0n) is 35.6. The first-order chi connectivity index (χ1) is 28.5. The minimum atomic E-state index is -1.11. The SMILES string of the molecule is CC(=O)Oc1ccccc1C(=O)O.CC(CN1c2ccccc2Sc2ccccc21)N(C)C.CCOc1ccc(NC(C)=O)cc1.Cn1c(=O)c2c(ncn2C)n(C)c1=O.[Cl-]. The number of benzene rings is 4. The Hall–Kier alpha value is -6.36. The third-order valence-corrected chi connectivity index (χ3v) is 10.2. The predicted octanol–water partition coefficient (Wildman–Crippen LogP) is 3.57. The number of hydrogen-bond acceptors (Lipinski definition) is 11. The molecule has 7 rings (SSSR count). The van der Waals surface area contributed by atoms with Gasteiger partial charge in [0.2, 0.25) is 5.91 Å². The first-order valence-corrected chi connectivity index (χ1v) is 19.7. The maximum absolute atomic E-state index is 11.7. The minimum absolute atomic E-state index is 0. The Labute approximate surface area is 364 Å². The number of fused-ring (bicyclic) bond motifs is 3. The number of rotatable bonds is 8. The van der Waals surface area contributed by atoms with Gasteiger partial charge in [-0.15, -0.1) is 0 Å². The van der Waals surface area contributed by atoms with Crippen molar-refractivity contribution in [2.45, 2.75) is 43.5 Å². The second-order valence-corrected chi connectivity index (χ2v) is 14.8. The Morgan fingerprint density at radius 2 is 1.39 bits per heavy atom. The van der Waals surface area contributed by atoms with Gasteiger partial charge in [0.15, 0.2) is 11.2 Å². The smallest absolute Gasteiger partial charge is 0.339 e. The van der Waals surface area contributed by atoms with Gasteiger partial charge in [0.25, 0.3) is 5.56 Å². The van der Waals surface area contributed by atoms with Gasteiger partial charge in [-0.3, -0.25) is 23.5 Å². The molecule has 1 aliphatic heterocycles. The lowest BCUT2D eigenvalue weighted by molar-refractivity contribution is -0.131. The summed E-state index contributed by atoms with van der Waals surface area (Å²) in [6, 6.07) is 31.1. The Morgan fingerprint density at radius 1 is 0.836 bits per heavy atom. The maximum atomic E-state index is 11.7. The average molecular weight is 873 g/mol. The second kappa shape index (κ2) is 22.9. The fraction of sp³-hybridized carbons (Fsp3) is 0.273. The van der Waals surface area contributed by atoms with E-state index < -0.39 is 11.9 Å². The Bertz CT molecular complexity index is 2510. The summed E-state index contributed by atoms with van der Waals surface area (Å²) in [4.78, 5) is 66.4. The molecule has 0 bridgehead atoms. The fourth-order valence-corrected chi connectivity index (χ4v) is 6.86. The van der Waals surface area contributed by atoms with Crippen LogP contribution in [0.25, 0.3) is 11.2 Å². The number of carboxylic acid groups (broad SMARTS) is 1. The highest BCUT2D eigenvalue weighted by molar-refractivity contribution is 7.99. The number of amides is 1. The molecule has 4 aromatic carbocycles. The standard InChI is InChI=1S/C17H20N2S.C10H13NO2.C9H8O4.C8H10N4O2.ClH/c1-13(18(2)3)12-19-14-8-4-6-10-16(14)20-17-11-7-5-9-15(17)19;1-3-13-10-6-4-9(5-7-10)11-8(2)12;1-6(10)13-8-5-3-2-4-7(8)9(11)12;1-10-4-9-6-5(10)7(13)12(3)8(14)11(6)2;/h4-11,13H,12H2,1-3H3;4-7H,3H2,1-2H3,(H,11,12);2-5H,1H3,(H,11,12);4H,1-3H3;1H/p-1. The molecule has 1 aliphatic rings. The van der Waals surface area contributed by atoms with Crippen molar-refractivity contribution in [2.75, 3.05) is 37.5 Å². The van der Waals surface area contributed by atoms with Crippen molar-refractivity contribution < 1.29 is 41.4 Å². The van der Waals surface area contributed by atoms with Crippen LogP contribution in [0, 0.1) is 0 Å². The quantitative estimate of drug-likeness (QED) is 0.169. The van der Waals surface area contributed by atoms with Crippen molar-refractivity contribution in [1.29, 1.82) is 0 Å². The van der Waals surface area contributed by atoms with Crippen LogP contribution in [0.2, 0.25) is 0 Å². The number of carbonyl (C=O) groups is 3. The molecular formula is C44H51ClN7O8S-. The summed E-state index contributed by atoms with van der Waals surface area (Å²) in [6.45, 7) is 8.56. The number of carboxylic acids is 1. The van der Waals surface area contributed by atoms with Crippen molar-refractivity contribution in [1.82, 2.24) is 23.6 Å². The van der Waals surface area contributed by atoms with Crippen LogP contribution in [-0.2, 0) is 30.7 Å². The van der Waals surface area contributed by atoms with E-state index in [2.05, 4.69) is 94.4 Å². The number of para-hydroxylation sites is 3. The molecule has 2 N–H and O–H groups in total. The number of ether oxygens (including phenoxy) is 2. The average Bonchev–Trinajstić information content (AvgIpc) is 3.61. The van der Waals surface area contributed by atoms with Gasteiger partial charge in [-0.25, -0.2) is 14.6 Å². The molecule has 0 spiro atoms. The number of carbonyl (C=O) groups excluding carboxylic acids is 2. The van der Waals surface area contributed by atoms with E-state index >= 15 is 0 Å². The summed E-state index contributed by atoms with van der Waals surface area (Å²) < 4.78 is 14.0. The Balaban J connectivity index is 0.000000220. The Kier molecular flexibility index (Phi) is 18.4. The van der Waals surface area contributed by atoms with E-state index in [-0.39, 0.29) is 40.9 Å². The molecule has 6 aromatic rings. The van der Waals surface area contributed by atoms with Gasteiger partial charge in [-0.2, -0.15) is 0 Å². The highest BCUT2D eigenvalue weighted by atomic mass is 35.5. The maximum Gasteiger partial charge on any atom is 0.339 e. The second-order valence-electron chi connectivity index (χ2n) is 13.7. The van der Waals surface area contributed by atoms with Crippen LogP contribution in [0.5, 0.6) is 11.5 Å². The van der Waals surface area contributed by atoms with Crippen molar-refractivity contribution in [2.24, 2.45) is 21.1 Å². The molecule has 2 aromatic heterocycles. The van der Waals surface area contributed by atoms with Crippen LogP contribution in [0.4, 0.5) is 17.1 Å². The number of hydrogen-bond donors (Lipinski definition) is 2. The third-order valence-electron chi connectivity index (χ3n) is 9.03. The van der Waals surface area contributed by atoms with E-state index in [4.69, 9.17) is 9.84 Å². The van der Waals surface area contributed by atoms with Crippen molar-refractivity contribution in [3.63, 3.8) is 0 Å². The topological polar surface area (TPSA) is 170 Å². The van der Waals surface area contributed by atoms with Crippen LogP contribution in [-0.4, -0.2) is 79.8 Å². The molecule has 1 amide bonds. The molecule has 0 saturated heterocycles. The van der Waals surface area contributed by atoms with Crippen LogP contribution in [0.3, 0.4) is 0 Å². The van der Waals surface area contributed by atoms with Gasteiger partial charge in [0, 0.05) is 63.1 Å². The highest BCUT2D eigenvalue weighted by Gasteiger charge is 2.24. The van der Waals surface area contributed by atoms with E-state index in [0.29, 0.717) is 23.8 Å². The summed E-state index contributed by atoms with van der Waals surface area (Å²) in [5, 5.41) is 11.4. The normalized spacial score (nSPS) is 11.4. The molecule has 3 heterocycles. The van der Waals surface area contributed by atoms with Crippen LogP contribution >= 0.6 is 11.8 Å². The number of aryl methyl sites for hydroxylation is 2. The summed E-state index contributed by atoms with van der Waals surface area (Å²) in [7, 11) is 9.05. The molecule has 0 fully saturated rings. The first kappa shape index (κ1) is 49.0. The van der Waals surface area contributed by atoms with E-state index in [9.17, 15) is 24.0 Å². The monoisotopic (exact) mass is 872 g/mol. The lowest BCUT2D eigenvalue weighted by Gasteiger charge is -2.36. The molecular weight excluding hydrogens is 822 g/mol. The minimum Gasteiger partial charge on any atom is -1.00 e. The molecule has 0 radical (unpaired) electrons. The van der Waals surface area contributed by atoms with Crippen molar-refractivity contribution in [3.8, 4) is 11.5 Å². The zero-order chi connectivity index (χ0) is 44.1. The van der Waals surface area contributed by atoms with E-state index in [0.717, 1.165) is 22.5 Å². The number of nitrogens with zero attached hydrogens (tertiary/aromatic N) is 6. The van der Waals surface area contributed by atoms with Crippen LogP contribution in [0.1, 0.15) is 38.1 Å². The van der Waals surface area contributed by atoms with Gasteiger partial charge in [-0.1, -0.05) is 48.2 Å². The number of esters is 1. The van der Waals surface area contributed by atoms with Crippen LogP contribution in [0.15, 0.2) is 123 Å². The number of anilines is 3. The molecule has 0 aliphatic carbocycles. The molecule has 324 valence electrons. The highest BCUT2D eigenvalue weighted by Crippen LogP contribution is 2.47.